The summed E-state index contributed by atoms with van der Waals surface area (Å²) < 4.78 is 5.12. The molecule has 0 spiro atoms. The molecule has 0 saturated carbocycles. The van der Waals surface area contributed by atoms with Crippen LogP contribution in [0.1, 0.15) is 32.8 Å². The highest BCUT2D eigenvalue weighted by Crippen LogP contribution is 2.23. The summed E-state index contributed by atoms with van der Waals surface area (Å²) in [6.45, 7) is 7.10. The van der Waals surface area contributed by atoms with Gasteiger partial charge in [-0.15, -0.1) is 0 Å². The van der Waals surface area contributed by atoms with Crippen LogP contribution < -0.4 is 5.32 Å². The van der Waals surface area contributed by atoms with Crippen LogP contribution in [-0.2, 0) is 11.3 Å². The highest BCUT2D eigenvalue weighted by molar-refractivity contribution is 5.67. The van der Waals surface area contributed by atoms with Crippen molar-refractivity contribution in [3.63, 3.8) is 0 Å². The number of hydrogen-bond acceptors (Lipinski definition) is 3. The Morgan fingerprint density at radius 1 is 1.30 bits per heavy atom. The minimum Gasteiger partial charge on any atom is -0.445 e. The van der Waals surface area contributed by atoms with E-state index in [9.17, 15) is 9.90 Å². The molecule has 0 aliphatic carbocycles. The Morgan fingerprint density at radius 3 is 2.50 bits per heavy atom. The summed E-state index contributed by atoms with van der Waals surface area (Å²) in [6.07, 6.45) is 0.406. The largest absolute Gasteiger partial charge is 0.445 e. The van der Waals surface area contributed by atoms with E-state index in [0.29, 0.717) is 6.54 Å². The number of aliphatic hydroxyl groups is 1. The number of rotatable bonds is 6. The van der Waals surface area contributed by atoms with Gasteiger partial charge >= 0.3 is 6.09 Å². The molecule has 1 aromatic rings. The molecule has 0 aliphatic heterocycles. The SMILES string of the molecule is CC(C)(C)CC(CO)CNC(=O)OCc1ccccc1. The van der Waals surface area contributed by atoms with Crippen LogP contribution in [0.25, 0.3) is 0 Å². The van der Waals surface area contributed by atoms with Gasteiger partial charge in [-0.1, -0.05) is 51.1 Å². The van der Waals surface area contributed by atoms with Gasteiger partial charge in [0.25, 0.3) is 0 Å². The van der Waals surface area contributed by atoms with Gasteiger partial charge in [0.2, 0.25) is 0 Å². The van der Waals surface area contributed by atoms with Crippen molar-refractivity contribution >= 4 is 6.09 Å². The van der Waals surface area contributed by atoms with Gasteiger partial charge < -0.3 is 15.2 Å². The lowest BCUT2D eigenvalue weighted by atomic mass is 9.85. The lowest BCUT2D eigenvalue weighted by Gasteiger charge is -2.24. The van der Waals surface area contributed by atoms with Crippen LogP contribution in [0.3, 0.4) is 0 Å². The molecule has 1 atom stereocenters. The van der Waals surface area contributed by atoms with Crippen LogP contribution in [-0.4, -0.2) is 24.4 Å². The molecule has 1 amide bonds. The monoisotopic (exact) mass is 279 g/mol. The molecule has 0 heterocycles. The number of nitrogens with one attached hydrogen (secondary N) is 1. The third-order valence-electron chi connectivity index (χ3n) is 2.91. The molecular weight excluding hydrogens is 254 g/mol. The van der Waals surface area contributed by atoms with Crippen molar-refractivity contribution < 1.29 is 14.6 Å². The lowest BCUT2D eigenvalue weighted by Crippen LogP contribution is -2.33. The molecule has 4 heteroatoms. The molecule has 2 N–H and O–H groups in total. The number of benzene rings is 1. The fourth-order valence-corrected chi connectivity index (χ4v) is 2.07. The van der Waals surface area contributed by atoms with Crippen LogP contribution in [0.15, 0.2) is 30.3 Å². The minimum atomic E-state index is -0.443. The molecule has 0 fully saturated rings. The van der Waals surface area contributed by atoms with Gasteiger partial charge in [-0.05, 0) is 23.3 Å². The van der Waals surface area contributed by atoms with Crippen molar-refractivity contribution in [2.24, 2.45) is 11.3 Å². The van der Waals surface area contributed by atoms with Crippen LogP contribution in [0.4, 0.5) is 4.79 Å². The molecular formula is C16H25NO3. The van der Waals surface area contributed by atoms with Crippen molar-refractivity contribution in [2.45, 2.75) is 33.8 Å². The first-order valence-electron chi connectivity index (χ1n) is 6.96. The average molecular weight is 279 g/mol. The molecule has 0 aliphatic rings. The Hall–Kier alpha value is -1.55. The predicted octanol–water partition coefficient (Wildman–Crippen LogP) is 2.96. The van der Waals surface area contributed by atoms with E-state index in [2.05, 4.69) is 26.1 Å². The molecule has 0 radical (unpaired) electrons. The standard InChI is InChI=1S/C16H25NO3/c1-16(2,3)9-14(11-18)10-17-15(19)20-12-13-7-5-4-6-8-13/h4-8,14,18H,9-12H2,1-3H3,(H,17,19). The van der Waals surface area contributed by atoms with Crippen molar-refractivity contribution in [1.29, 1.82) is 0 Å². The summed E-state index contributed by atoms with van der Waals surface area (Å²) in [7, 11) is 0. The van der Waals surface area contributed by atoms with E-state index in [-0.39, 0.29) is 24.5 Å². The van der Waals surface area contributed by atoms with Crippen LogP contribution in [0.2, 0.25) is 0 Å². The van der Waals surface area contributed by atoms with Crippen LogP contribution in [0, 0.1) is 11.3 Å². The Balaban J connectivity index is 2.28. The van der Waals surface area contributed by atoms with Gasteiger partial charge in [0.05, 0.1) is 0 Å². The second-order valence-electron chi connectivity index (χ2n) is 6.26. The smallest absolute Gasteiger partial charge is 0.407 e. The first kappa shape index (κ1) is 16.5. The number of carbonyl (C=O) groups is 1. The maximum Gasteiger partial charge on any atom is 0.407 e. The van der Waals surface area contributed by atoms with Crippen molar-refractivity contribution in [2.75, 3.05) is 13.2 Å². The summed E-state index contributed by atoms with van der Waals surface area (Å²) in [5.74, 6) is 0.0549. The summed E-state index contributed by atoms with van der Waals surface area (Å²) in [4.78, 5) is 11.6. The van der Waals surface area contributed by atoms with Gasteiger partial charge in [-0.25, -0.2) is 4.79 Å². The zero-order valence-corrected chi connectivity index (χ0v) is 12.6. The number of alkyl carbamates (subject to hydrolysis) is 1. The molecule has 1 unspecified atom stereocenters. The van der Waals surface area contributed by atoms with Gasteiger partial charge in [0.15, 0.2) is 0 Å². The lowest BCUT2D eigenvalue weighted by molar-refractivity contribution is 0.130. The molecule has 20 heavy (non-hydrogen) atoms. The first-order valence-corrected chi connectivity index (χ1v) is 6.96. The van der Waals surface area contributed by atoms with Crippen molar-refractivity contribution in [1.82, 2.24) is 5.32 Å². The Labute approximate surface area is 121 Å². The second kappa shape index (κ2) is 7.90. The van der Waals surface area contributed by atoms with E-state index in [4.69, 9.17) is 4.74 Å². The number of aliphatic hydroxyl groups excluding tert-OH is 1. The molecule has 0 saturated heterocycles. The van der Waals surface area contributed by atoms with Crippen molar-refractivity contribution in [3.05, 3.63) is 35.9 Å². The fraction of sp³-hybridized carbons (Fsp3) is 0.562. The quantitative estimate of drug-likeness (QED) is 0.841. The molecule has 112 valence electrons. The second-order valence-corrected chi connectivity index (χ2v) is 6.26. The maximum atomic E-state index is 11.6. The Kier molecular flexibility index (Phi) is 6.52. The zero-order chi connectivity index (χ0) is 15.0. The van der Waals surface area contributed by atoms with Gasteiger partial charge in [-0.2, -0.15) is 0 Å². The fourth-order valence-electron chi connectivity index (χ4n) is 2.07. The van der Waals surface area contributed by atoms with Gasteiger partial charge in [-0.3, -0.25) is 0 Å². The Bertz CT molecular complexity index is 398. The summed E-state index contributed by atoms with van der Waals surface area (Å²) in [5, 5.41) is 12.0. The van der Waals surface area contributed by atoms with E-state index in [0.717, 1.165) is 12.0 Å². The number of carbonyl (C=O) groups excluding carboxylic acids is 1. The maximum absolute atomic E-state index is 11.6. The number of amides is 1. The Morgan fingerprint density at radius 2 is 1.95 bits per heavy atom. The average Bonchev–Trinajstić information content (AvgIpc) is 2.41. The first-order chi connectivity index (χ1) is 9.40. The predicted molar refractivity (Wildman–Crippen MR) is 79.3 cm³/mol. The molecule has 4 nitrogen and oxygen atoms in total. The van der Waals surface area contributed by atoms with Gasteiger partial charge in [0.1, 0.15) is 6.61 Å². The van der Waals surface area contributed by atoms with Crippen LogP contribution >= 0.6 is 0 Å². The normalized spacial score (nSPS) is 12.8. The van der Waals surface area contributed by atoms with Crippen LogP contribution in [0.5, 0.6) is 0 Å². The van der Waals surface area contributed by atoms with E-state index < -0.39 is 6.09 Å². The highest BCUT2D eigenvalue weighted by Gasteiger charge is 2.18. The molecule has 0 bridgehead atoms. The number of ether oxygens (including phenoxy) is 1. The topological polar surface area (TPSA) is 58.6 Å². The third kappa shape index (κ3) is 7.14. The van der Waals surface area contributed by atoms with E-state index >= 15 is 0 Å². The van der Waals surface area contributed by atoms with E-state index in [1.54, 1.807) is 0 Å². The molecule has 1 aromatic carbocycles. The van der Waals surface area contributed by atoms with E-state index in [1.807, 2.05) is 30.3 Å². The summed E-state index contributed by atoms with van der Waals surface area (Å²) in [5.41, 5.74) is 1.08. The summed E-state index contributed by atoms with van der Waals surface area (Å²) >= 11 is 0. The van der Waals surface area contributed by atoms with Gasteiger partial charge in [0, 0.05) is 13.2 Å². The minimum absolute atomic E-state index is 0.0549. The molecule has 1 rings (SSSR count). The zero-order valence-electron chi connectivity index (χ0n) is 12.6. The summed E-state index contributed by atoms with van der Waals surface area (Å²) in [6, 6.07) is 9.54. The highest BCUT2D eigenvalue weighted by atomic mass is 16.5. The molecule has 0 aromatic heterocycles. The van der Waals surface area contributed by atoms with E-state index in [1.165, 1.54) is 0 Å². The third-order valence-corrected chi connectivity index (χ3v) is 2.91. The number of hydrogen-bond donors (Lipinski definition) is 2. The van der Waals surface area contributed by atoms with Crippen molar-refractivity contribution in [3.8, 4) is 0 Å².